The SMILES string of the molecule is CC1C=CC=CC2=C1C=CC2. The lowest BCUT2D eigenvalue weighted by molar-refractivity contribution is 0.888. The van der Waals surface area contributed by atoms with Crippen LogP contribution in [0.3, 0.4) is 0 Å². The fourth-order valence-corrected chi connectivity index (χ4v) is 1.65. The summed E-state index contributed by atoms with van der Waals surface area (Å²) in [5.41, 5.74) is 2.98. The highest BCUT2D eigenvalue weighted by Gasteiger charge is 2.12. The first-order valence-electron chi connectivity index (χ1n) is 4.12. The van der Waals surface area contributed by atoms with E-state index in [0.717, 1.165) is 6.42 Å². The molecule has 0 aromatic heterocycles. The van der Waals surface area contributed by atoms with E-state index in [2.05, 4.69) is 43.4 Å². The maximum atomic E-state index is 2.25. The van der Waals surface area contributed by atoms with Crippen LogP contribution in [0.4, 0.5) is 0 Å². The van der Waals surface area contributed by atoms with Gasteiger partial charge >= 0.3 is 0 Å². The van der Waals surface area contributed by atoms with Crippen molar-refractivity contribution < 1.29 is 0 Å². The lowest BCUT2D eigenvalue weighted by Gasteiger charge is -2.05. The Morgan fingerprint density at radius 3 is 3.09 bits per heavy atom. The van der Waals surface area contributed by atoms with E-state index in [0.29, 0.717) is 5.92 Å². The molecule has 11 heavy (non-hydrogen) atoms. The Balaban J connectivity index is 2.42. The fraction of sp³-hybridized carbons (Fsp3) is 0.273. The van der Waals surface area contributed by atoms with E-state index < -0.39 is 0 Å². The van der Waals surface area contributed by atoms with Gasteiger partial charge in [0.25, 0.3) is 0 Å². The van der Waals surface area contributed by atoms with Gasteiger partial charge in [-0.1, -0.05) is 43.4 Å². The minimum absolute atomic E-state index is 0.596. The molecule has 0 heterocycles. The van der Waals surface area contributed by atoms with E-state index in [1.807, 2.05) is 0 Å². The Kier molecular flexibility index (Phi) is 1.54. The van der Waals surface area contributed by atoms with Crippen molar-refractivity contribution in [2.75, 3.05) is 0 Å². The zero-order chi connectivity index (χ0) is 7.68. The summed E-state index contributed by atoms with van der Waals surface area (Å²) in [6.45, 7) is 2.24. The van der Waals surface area contributed by atoms with Gasteiger partial charge in [0.1, 0.15) is 0 Å². The topological polar surface area (TPSA) is 0 Å². The van der Waals surface area contributed by atoms with Crippen molar-refractivity contribution in [2.24, 2.45) is 5.92 Å². The molecule has 0 nitrogen and oxygen atoms in total. The Morgan fingerprint density at radius 2 is 2.18 bits per heavy atom. The molecule has 2 aliphatic carbocycles. The van der Waals surface area contributed by atoms with Gasteiger partial charge in [-0.15, -0.1) is 0 Å². The van der Waals surface area contributed by atoms with Gasteiger partial charge in [0.15, 0.2) is 0 Å². The predicted molar refractivity (Wildman–Crippen MR) is 48.2 cm³/mol. The van der Waals surface area contributed by atoms with Crippen LogP contribution in [-0.2, 0) is 0 Å². The summed E-state index contributed by atoms with van der Waals surface area (Å²) in [4.78, 5) is 0. The minimum Gasteiger partial charge on any atom is -0.0798 e. The zero-order valence-corrected chi connectivity index (χ0v) is 6.75. The molecule has 0 saturated carbocycles. The molecule has 0 bridgehead atoms. The third-order valence-electron chi connectivity index (χ3n) is 2.30. The van der Waals surface area contributed by atoms with Crippen molar-refractivity contribution in [3.63, 3.8) is 0 Å². The standard InChI is InChI=1S/C11H12/c1-9-5-2-3-6-10-7-4-8-11(9)10/h2-6,8-9H,7H2,1H3. The first-order chi connectivity index (χ1) is 5.38. The average Bonchev–Trinajstić information content (AvgIpc) is 2.40. The van der Waals surface area contributed by atoms with Crippen LogP contribution >= 0.6 is 0 Å². The summed E-state index contributed by atoms with van der Waals surface area (Å²) in [7, 11) is 0. The highest BCUT2D eigenvalue weighted by atomic mass is 14.2. The van der Waals surface area contributed by atoms with Crippen LogP contribution in [0.1, 0.15) is 13.3 Å². The Morgan fingerprint density at radius 1 is 1.27 bits per heavy atom. The molecule has 56 valence electrons. The lowest BCUT2D eigenvalue weighted by Crippen LogP contribution is -1.91. The largest absolute Gasteiger partial charge is 0.0798 e. The van der Waals surface area contributed by atoms with E-state index in [-0.39, 0.29) is 0 Å². The summed E-state index contributed by atoms with van der Waals surface area (Å²) >= 11 is 0. The highest BCUT2D eigenvalue weighted by Crippen LogP contribution is 2.28. The Bertz CT molecular complexity index is 274. The molecule has 0 radical (unpaired) electrons. The van der Waals surface area contributed by atoms with Gasteiger partial charge in [-0.25, -0.2) is 0 Å². The van der Waals surface area contributed by atoms with Crippen molar-refractivity contribution in [3.05, 3.63) is 47.6 Å². The van der Waals surface area contributed by atoms with Gasteiger partial charge in [-0.05, 0) is 23.5 Å². The molecule has 2 rings (SSSR count). The molecule has 0 amide bonds. The highest BCUT2D eigenvalue weighted by molar-refractivity contribution is 5.45. The molecule has 0 aromatic rings. The van der Waals surface area contributed by atoms with Crippen LogP contribution in [0, 0.1) is 5.92 Å². The van der Waals surface area contributed by atoms with Crippen molar-refractivity contribution in [3.8, 4) is 0 Å². The maximum absolute atomic E-state index is 2.25. The van der Waals surface area contributed by atoms with E-state index in [9.17, 15) is 0 Å². The van der Waals surface area contributed by atoms with Gasteiger partial charge in [0.2, 0.25) is 0 Å². The predicted octanol–water partition coefficient (Wildman–Crippen LogP) is 3.01. The Labute approximate surface area is 67.6 Å². The van der Waals surface area contributed by atoms with Crippen molar-refractivity contribution in [1.82, 2.24) is 0 Å². The first-order valence-corrected chi connectivity index (χ1v) is 4.12. The van der Waals surface area contributed by atoms with Crippen LogP contribution < -0.4 is 0 Å². The van der Waals surface area contributed by atoms with Gasteiger partial charge < -0.3 is 0 Å². The molecule has 0 saturated heterocycles. The van der Waals surface area contributed by atoms with Gasteiger partial charge in [0, 0.05) is 0 Å². The van der Waals surface area contributed by atoms with Crippen LogP contribution in [0.5, 0.6) is 0 Å². The summed E-state index contributed by atoms with van der Waals surface area (Å²) < 4.78 is 0. The molecular weight excluding hydrogens is 132 g/mol. The third-order valence-corrected chi connectivity index (χ3v) is 2.30. The smallest absolute Gasteiger partial charge is 0.000459 e. The van der Waals surface area contributed by atoms with Crippen LogP contribution in [0.2, 0.25) is 0 Å². The van der Waals surface area contributed by atoms with Crippen molar-refractivity contribution in [2.45, 2.75) is 13.3 Å². The molecule has 0 aromatic carbocycles. The second-order valence-corrected chi connectivity index (χ2v) is 3.12. The quantitative estimate of drug-likeness (QED) is 0.490. The number of rotatable bonds is 0. The minimum atomic E-state index is 0.596. The van der Waals surface area contributed by atoms with Crippen molar-refractivity contribution in [1.29, 1.82) is 0 Å². The summed E-state index contributed by atoms with van der Waals surface area (Å²) in [5, 5.41) is 0. The summed E-state index contributed by atoms with van der Waals surface area (Å²) in [6.07, 6.45) is 14.3. The average molecular weight is 144 g/mol. The molecule has 1 unspecified atom stereocenters. The normalized spacial score (nSPS) is 27.5. The van der Waals surface area contributed by atoms with Gasteiger partial charge in [-0.2, -0.15) is 0 Å². The molecule has 0 N–H and O–H groups in total. The number of hydrogen-bond donors (Lipinski definition) is 0. The van der Waals surface area contributed by atoms with Crippen LogP contribution in [0.25, 0.3) is 0 Å². The van der Waals surface area contributed by atoms with Crippen molar-refractivity contribution >= 4 is 0 Å². The van der Waals surface area contributed by atoms with E-state index in [4.69, 9.17) is 0 Å². The van der Waals surface area contributed by atoms with E-state index in [1.165, 1.54) is 11.1 Å². The molecular formula is C11H12. The number of allylic oxidation sites excluding steroid dienone is 8. The summed E-state index contributed by atoms with van der Waals surface area (Å²) in [5.74, 6) is 0.596. The van der Waals surface area contributed by atoms with Crippen LogP contribution in [-0.4, -0.2) is 0 Å². The van der Waals surface area contributed by atoms with E-state index >= 15 is 0 Å². The monoisotopic (exact) mass is 144 g/mol. The first kappa shape index (κ1) is 6.66. The third kappa shape index (κ3) is 1.09. The second-order valence-electron chi connectivity index (χ2n) is 3.12. The second kappa shape index (κ2) is 2.54. The van der Waals surface area contributed by atoms with E-state index in [1.54, 1.807) is 0 Å². The maximum Gasteiger partial charge on any atom is -0.000459 e. The number of hydrogen-bond acceptors (Lipinski definition) is 0. The molecule has 0 fully saturated rings. The molecule has 0 aliphatic heterocycles. The van der Waals surface area contributed by atoms with Gasteiger partial charge in [-0.3, -0.25) is 0 Å². The van der Waals surface area contributed by atoms with Crippen LogP contribution in [0.15, 0.2) is 47.6 Å². The zero-order valence-electron chi connectivity index (χ0n) is 6.75. The Hall–Kier alpha value is -1.04. The molecule has 1 atom stereocenters. The summed E-state index contributed by atoms with van der Waals surface area (Å²) in [6, 6.07) is 0. The molecule has 2 aliphatic rings. The molecule has 0 spiro atoms. The lowest BCUT2D eigenvalue weighted by atomic mass is 9.99. The molecule has 0 heteroatoms. The fourth-order valence-electron chi connectivity index (χ4n) is 1.65. The van der Waals surface area contributed by atoms with Gasteiger partial charge in [0.05, 0.1) is 0 Å².